The molecule has 0 unspecified atom stereocenters. The maximum absolute atomic E-state index is 9.15. The summed E-state index contributed by atoms with van der Waals surface area (Å²) in [6, 6.07) is 4.78. The molecule has 0 radical (unpaired) electrons. The Bertz CT molecular complexity index is 617. The van der Waals surface area contributed by atoms with Gasteiger partial charge in [-0.2, -0.15) is 5.10 Å². The minimum Gasteiger partial charge on any atom is -0.496 e. The molecule has 9 heteroatoms. The number of methoxy groups -OCH3 is 1. The molecule has 0 fully saturated rings. The van der Waals surface area contributed by atoms with Gasteiger partial charge < -0.3 is 20.5 Å². The Balaban J connectivity index is 2.16. The van der Waals surface area contributed by atoms with Gasteiger partial charge in [0.05, 0.1) is 13.3 Å². The van der Waals surface area contributed by atoms with Crippen LogP contribution >= 0.6 is 11.3 Å². The zero-order chi connectivity index (χ0) is 14.5. The molecule has 0 aliphatic rings. The highest BCUT2D eigenvalue weighted by Crippen LogP contribution is 2.17. The molecule has 1 heterocycles. The fraction of sp³-hybridized carbons (Fsp3) is 0.0909. The molecule has 7 nitrogen and oxygen atoms in total. The van der Waals surface area contributed by atoms with Gasteiger partial charge in [-0.05, 0) is 17.6 Å². The first-order chi connectivity index (χ1) is 9.60. The average molecular weight is 292 g/mol. The second-order valence-corrected chi connectivity index (χ2v) is 4.68. The Morgan fingerprint density at radius 2 is 2.30 bits per heavy atom. The van der Waals surface area contributed by atoms with Gasteiger partial charge in [0.1, 0.15) is 11.6 Å². The van der Waals surface area contributed by atoms with E-state index >= 15 is 0 Å². The van der Waals surface area contributed by atoms with E-state index in [0.717, 1.165) is 0 Å². The zero-order valence-electron chi connectivity index (χ0n) is 10.6. The minimum atomic E-state index is -1.54. The number of hydrazone groups is 1. The third kappa shape index (κ3) is 3.47. The van der Waals surface area contributed by atoms with Crippen LogP contribution in [0.15, 0.2) is 28.7 Å². The molecule has 20 heavy (non-hydrogen) atoms. The van der Waals surface area contributed by atoms with Crippen LogP contribution in [0.4, 0.5) is 10.9 Å². The summed E-state index contributed by atoms with van der Waals surface area (Å²) in [7, 11) is -0.0174. The molecular weight excluding hydrogens is 279 g/mol. The molecule has 0 saturated heterocycles. The van der Waals surface area contributed by atoms with Gasteiger partial charge in [-0.1, -0.05) is 6.07 Å². The van der Waals surface area contributed by atoms with Gasteiger partial charge in [-0.15, -0.1) is 11.3 Å². The van der Waals surface area contributed by atoms with E-state index in [4.69, 9.17) is 20.5 Å². The summed E-state index contributed by atoms with van der Waals surface area (Å²) in [6.45, 7) is 0. The number of nitrogens with two attached hydrogens (primary N) is 1. The Morgan fingerprint density at radius 1 is 1.50 bits per heavy atom. The van der Waals surface area contributed by atoms with Gasteiger partial charge in [0.25, 0.3) is 0 Å². The SMILES string of the molecule is COc1ccc(B(O)O)cc1C=NNc1nc(N)cs1. The summed E-state index contributed by atoms with van der Waals surface area (Å²) in [4.78, 5) is 3.99. The van der Waals surface area contributed by atoms with Crippen LogP contribution in [0.2, 0.25) is 0 Å². The molecule has 0 saturated carbocycles. The summed E-state index contributed by atoms with van der Waals surface area (Å²) in [5.41, 5.74) is 9.18. The fourth-order valence-corrected chi connectivity index (χ4v) is 2.06. The maximum atomic E-state index is 9.15. The zero-order valence-corrected chi connectivity index (χ0v) is 11.5. The highest BCUT2D eigenvalue weighted by molar-refractivity contribution is 7.14. The second kappa shape index (κ2) is 6.37. The number of aromatic nitrogens is 1. The molecule has 0 aliphatic heterocycles. The van der Waals surface area contributed by atoms with Gasteiger partial charge in [-0.3, -0.25) is 5.43 Å². The number of nitrogens with zero attached hydrogens (tertiary/aromatic N) is 2. The highest BCUT2D eigenvalue weighted by atomic mass is 32.1. The minimum absolute atomic E-state index is 0.353. The first-order valence-corrected chi connectivity index (χ1v) is 6.52. The van der Waals surface area contributed by atoms with Crippen molar-refractivity contribution in [3.8, 4) is 5.75 Å². The first-order valence-electron chi connectivity index (χ1n) is 5.64. The van der Waals surface area contributed by atoms with E-state index in [0.29, 0.717) is 27.7 Å². The number of rotatable bonds is 5. The van der Waals surface area contributed by atoms with E-state index in [2.05, 4.69) is 15.5 Å². The molecule has 0 amide bonds. The van der Waals surface area contributed by atoms with Crippen molar-refractivity contribution in [1.82, 2.24) is 4.98 Å². The number of nitrogens with one attached hydrogen (secondary N) is 1. The molecule has 2 aromatic rings. The number of nitrogen functional groups attached to an aromatic ring is 1. The van der Waals surface area contributed by atoms with Crippen LogP contribution in [0.3, 0.4) is 0 Å². The number of thiazole rings is 1. The number of benzene rings is 1. The van der Waals surface area contributed by atoms with Crippen molar-refractivity contribution in [3.63, 3.8) is 0 Å². The van der Waals surface area contributed by atoms with Crippen molar-refractivity contribution in [2.24, 2.45) is 5.10 Å². The fourth-order valence-electron chi connectivity index (χ4n) is 1.51. The van der Waals surface area contributed by atoms with Crippen LogP contribution in [0.25, 0.3) is 0 Å². The molecule has 0 aliphatic carbocycles. The monoisotopic (exact) mass is 292 g/mol. The second-order valence-electron chi connectivity index (χ2n) is 3.82. The van der Waals surface area contributed by atoms with E-state index in [1.54, 1.807) is 23.6 Å². The van der Waals surface area contributed by atoms with Gasteiger partial charge in [0.2, 0.25) is 5.13 Å². The van der Waals surface area contributed by atoms with Crippen LogP contribution in [-0.2, 0) is 0 Å². The standard InChI is InChI=1S/C11H13BN4O3S/c1-19-9-3-2-8(12(17)18)4-7(9)5-14-16-11-15-10(13)6-20-11/h2-6,17-18H,13H2,1H3,(H,15,16). The molecule has 5 N–H and O–H groups in total. The lowest BCUT2D eigenvalue weighted by Crippen LogP contribution is -2.30. The van der Waals surface area contributed by atoms with Gasteiger partial charge >= 0.3 is 7.12 Å². The van der Waals surface area contributed by atoms with Crippen molar-refractivity contribution >= 4 is 41.1 Å². The number of anilines is 2. The van der Waals surface area contributed by atoms with Gasteiger partial charge in [0, 0.05) is 10.9 Å². The molecule has 0 atom stereocenters. The van der Waals surface area contributed by atoms with Crippen molar-refractivity contribution in [1.29, 1.82) is 0 Å². The summed E-state index contributed by atoms with van der Waals surface area (Å²) >= 11 is 1.33. The van der Waals surface area contributed by atoms with E-state index in [1.165, 1.54) is 24.7 Å². The normalized spacial score (nSPS) is 10.8. The summed E-state index contributed by atoms with van der Waals surface area (Å²) < 4.78 is 5.17. The molecule has 0 bridgehead atoms. The Morgan fingerprint density at radius 3 is 2.90 bits per heavy atom. The lowest BCUT2D eigenvalue weighted by atomic mass is 9.79. The van der Waals surface area contributed by atoms with Crippen molar-refractivity contribution in [3.05, 3.63) is 29.1 Å². The number of hydrogen-bond donors (Lipinski definition) is 4. The van der Waals surface area contributed by atoms with Crippen LogP contribution < -0.4 is 21.4 Å². The lowest BCUT2D eigenvalue weighted by molar-refractivity contribution is 0.413. The lowest BCUT2D eigenvalue weighted by Gasteiger charge is -2.06. The Kier molecular flexibility index (Phi) is 4.56. The van der Waals surface area contributed by atoms with Crippen molar-refractivity contribution < 1.29 is 14.8 Å². The molecule has 104 valence electrons. The quantitative estimate of drug-likeness (QED) is 0.346. The maximum Gasteiger partial charge on any atom is 0.488 e. The van der Waals surface area contributed by atoms with Gasteiger partial charge in [-0.25, -0.2) is 4.98 Å². The first kappa shape index (κ1) is 14.3. The predicted molar refractivity (Wildman–Crippen MR) is 80.6 cm³/mol. The topological polar surface area (TPSA) is 113 Å². The molecule has 1 aromatic carbocycles. The van der Waals surface area contributed by atoms with Crippen molar-refractivity contribution in [2.45, 2.75) is 0 Å². The van der Waals surface area contributed by atoms with Crippen LogP contribution in [0, 0.1) is 0 Å². The molecule has 1 aromatic heterocycles. The van der Waals surface area contributed by atoms with Crippen LogP contribution in [0.5, 0.6) is 5.75 Å². The summed E-state index contributed by atoms with van der Waals surface area (Å²) in [5.74, 6) is 0.995. The summed E-state index contributed by atoms with van der Waals surface area (Å²) in [6.07, 6.45) is 1.50. The van der Waals surface area contributed by atoms with Crippen molar-refractivity contribution in [2.75, 3.05) is 18.3 Å². The van der Waals surface area contributed by atoms with E-state index in [-0.39, 0.29) is 0 Å². The Hall–Kier alpha value is -2.10. The van der Waals surface area contributed by atoms with Crippen LogP contribution in [-0.4, -0.2) is 35.5 Å². The van der Waals surface area contributed by atoms with Crippen LogP contribution in [0.1, 0.15) is 5.56 Å². The third-order valence-corrected chi connectivity index (χ3v) is 3.20. The van der Waals surface area contributed by atoms with E-state index in [9.17, 15) is 0 Å². The number of hydrogen-bond acceptors (Lipinski definition) is 8. The molecule has 0 spiro atoms. The highest BCUT2D eigenvalue weighted by Gasteiger charge is 2.12. The smallest absolute Gasteiger partial charge is 0.488 e. The summed E-state index contributed by atoms with van der Waals surface area (Å²) in [5, 5.41) is 24.6. The number of ether oxygens (including phenoxy) is 1. The molecule has 2 rings (SSSR count). The largest absolute Gasteiger partial charge is 0.496 e. The van der Waals surface area contributed by atoms with E-state index < -0.39 is 7.12 Å². The van der Waals surface area contributed by atoms with E-state index in [1.807, 2.05) is 0 Å². The average Bonchev–Trinajstić information content (AvgIpc) is 2.84. The van der Waals surface area contributed by atoms with Gasteiger partial charge in [0.15, 0.2) is 0 Å². The Labute approximate surface area is 119 Å². The third-order valence-electron chi connectivity index (χ3n) is 2.44. The predicted octanol–water partition coefficient (Wildman–Crippen LogP) is -0.140. The molecular formula is C11H13BN4O3S.